The molecule has 13 rings (SSSR count). The summed E-state index contributed by atoms with van der Waals surface area (Å²) < 4.78 is 92.4. The van der Waals surface area contributed by atoms with Crippen LogP contribution in [0, 0.1) is 0 Å². The number of hydrogen-bond acceptors (Lipinski definition) is 15. The molecule has 1 aliphatic heterocycles. The van der Waals surface area contributed by atoms with Crippen LogP contribution in [-0.2, 0) is 13.7 Å². The second-order valence-corrected chi connectivity index (χ2v) is 37.8. The second kappa shape index (κ2) is 18.9. The van der Waals surface area contributed by atoms with Crippen molar-refractivity contribution in [3.05, 3.63) is 150 Å². The largest absolute Gasteiger partial charge is 0.472 e. The molecule has 0 radical (unpaired) electrons. The predicted octanol–water partition coefficient (Wildman–Crippen LogP) is 13.0. The number of furan rings is 12. The summed E-state index contributed by atoms with van der Waals surface area (Å²) in [7, 11) is -8.84. The van der Waals surface area contributed by atoms with Gasteiger partial charge < -0.3 is 66.7 Å². The lowest BCUT2D eigenvalue weighted by Crippen LogP contribution is -2.61. The molecule has 0 spiro atoms. The third kappa shape index (κ3) is 8.48. The van der Waals surface area contributed by atoms with Gasteiger partial charge in [0.1, 0.15) is 0 Å². The smallest absolute Gasteiger partial charge is 0.470 e. The van der Waals surface area contributed by atoms with Crippen molar-refractivity contribution in [2.24, 2.45) is 0 Å². The van der Waals surface area contributed by atoms with Gasteiger partial charge in [0.15, 0.2) is 0 Å². The highest BCUT2D eigenvalue weighted by atomic mass is 28.3. The maximum absolute atomic E-state index is 6.98. The first-order valence-electron chi connectivity index (χ1n) is 25.4. The van der Waals surface area contributed by atoms with Crippen LogP contribution in [0.5, 0.6) is 0 Å². The van der Waals surface area contributed by atoms with Gasteiger partial charge in [-0.3, -0.25) is 0 Å². The molecule has 1 aliphatic rings. The summed E-state index contributed by atoms with van der Waals surface area (Å²) in [4.78, 5) is 0. The minimum Gasteiger partial charge on any atom is -0.472 e. The van der Waals surface area contributed by atoms with Crippen molar-refractivity contribution in [1.29, 1.82) is 0 Å². The molecule has 21 heteroatoms. The fraction of sp³-hybridized carbons (Fsp3) is 0.158. The van der Waals surface area contributed by atoms with Gasteiger partial charge in [-0.1, -0.05) is 58.9 Å². The molecule has 0 saturated carbocycles. The lowest BCUT2D eigenvalue weighted by Gasteiger charge is -2.31. The molecule has 0 aromatic carbocycles. The van der Waals surface area contributed by atoms with Crippen molar-refractivity contribution in [2.75, 3.05) is 0 Å². The molecule has 12 aromatic heterocycles. The monoisotopic (exact) mass is 1090 g/mol. The number of hydrogen-bond donors (Lipinski definition) is 0. The summed E-state index contributed by atoms with van der Waals surface area (Å²) in [6.07, 6.45) is 41.1. The van der Waals surface area contributed by atoms with Gasteiger partial charge in [-0.15, -0.1) is 0 Å². The first-order chi connectivity index (χ1) is 37.6. The van der Waals surface area contributed by atoms with Gasteiger partial charge in [0.25, 0.3) is 0 Å². The molecule has 13 heterocycles. The Hall–Kier alpha value is -7.91. The minimum absolute atomic E-state index is 0.554. The summed E-state index contributed by atoms with van der Waals surface area (Å²) in [6, 6.07) is 0. The van der Waals surface area contributed by atoms with E-state index in [9.17, 15) is 0 Å². The summed E-state index contributed by atoms with van der Waals surface area (Å²) in [5, 5.41) is 3.50. The SMILES string of the molecule is C[Si](C)(C)c1cocc1-c1cocc1-c1cocc1-c1cocc1B1OB(c2cocc2-c2cocc2-c2cocc2-c2cocc2[Si](C)(C)C)OB(c2cocc2-c2cocc2-c2cocc2-c2cocc2[Si](C)(C)C)O1. The van der Waals surface area contributed by atoms with E-state index in [-0.39, 0.29) is 0 Å². The van der Waals surface area contributed by atoms with Gasteiger partial charge in [-0.2, -0.15) is 0 Å². The zero-order valence-electron chi connectivity index (χ0n) is 44.2. The van der Waals surface area contributed by atoms with Crippen molar-refractivity contribution in [3.63, 3.8) is 0 Å². The maximum Gasteiger partial charge on any atom is 0.470 e. The van der Waals surface area contributed by atoms with Crippen molar-refractivity contribution < 1.29 is 66.7 Å². The van der Waals surface area contributed by atoms with Gasteiger partial charge >= 0.3 is 21.4 Å². The molecule has 0 N–H and O–H groups in total. The van der Waals surface area contributed by atoms with Crippen LogP contribution in [-0.4, -0.2) is 45.6 Å². The third-order valence-corrected chi connectivity index (χ3v) is 20.6. The van der Waals surface area contributed by atoms with E-state index in [1.54, 1.807) is 132 Å². The molecular weight excluding hydrogens is 1040 g/mol. The zero-order valence-corrected chi connectivity index (χ0v) is 47.2. The van der Waals surface area contributed by atoms with Crippen molar-refractivity contribution in [1.82, 2.24) is 0 Å². The van der Waals surface area contributed by atoms with Gasteiger partial charge in [0.05, 0.1) is 175 Å². The highest BCUT2D eigenvalue weighted by Gasteiger charge is 2.48. The zero-order chi connectivity index (χ0) is 53.7. The van der Waals surface area contributed by atoms with Crippen molar-refractivity contribution in [2.45, 2.75) is 58.9 Å². The summed E-state index contributed by atoms with van der Waals surface area (Å²) in [6.45, 7) is 20.5. The van der Waals surface area contributed by atoms with Crippen molar-refractivity contribution in [3.8, 4) is 100 Å². The van der Waals surface area contributed by atoms with Crippen LogP contribution < -0.4 is 31.9 Å². The molecule has 1 saturated heterocycles. The van der Waals surface area contributed by atoms with Crippen molar-refractivity contribution >= 4 is 77.5 Å². The Bertz CT molecular complexity index is 3640. The molecular formula is C57H51B3O15Si3. The Labute approximate surface area is 451 Å². The van der Waals surface area contributed by atoms with Crippen LogP contribution in [0.3, 0.4) is 0 Å². The summed E-state index contributed by atoms with van der Waals surface area (Å²) in [5.74, 6) is 0. The molecule has 0 bridgehead atoms. The topological polar surface area (TPSA) is 185 Å². The van der Waals surface area contributed by atoms with E-state index >= 15 is 0 Å². The molecule has 0 atom stereocenters. The van der Waals surface area contributed by atoms with E-state index in [2.05, 4.69) is 58.9 Å². The third-order valence-electron chi connectivity index (χ3n) is 14.6. The molecule has 0 unspecified atom stereocenters. The Kier molecular flexibility index (Phi) is 12.0. The highest BCUT2D eigenvalue weighted by molar-refractivity contribution is 6.91. The predicted molar refractivity (Wildman–Crippen MR) is 304 cm³/mol. The standard InChI is InChI=1S/C57H51B3O15Si3/c1-76(2,3)55-31-70-25-49(55)43-19-64-13-37(43)34-10-61-16-40(34)46-22-67-28-52(46)58-73-59(53-29-68-23-47(53)41-17-62-11-35(41)38-14-65-20-44(38)50-26-71-32-56(50)77(4,5)6)75-60(74-58)54-30-69-24-48(54)42-18-63-12-36(42)39-15-66-21-45(39)51-27-72-33-57(51)78(7,8)9/h10-33H,1-9H3. The van der Waals surface area contributed by atoms with Crippen LogP contribution >= 0.6 is 0 Å². The van der Waals surface area contributed by atoms with Gasteiger partial charge in [0.2, 0.25) is 0 Å². The first kappa shape index (κ1) is 49.6. The summed E-state index contributed by atoms with van der Waals surface area (Å²) in [5.41, 5.74) is 16.0. The second-order valence-electron chi connectivity index (χ2n) is 22.7. The minimum atomic E-state index is -1.83. The first-order valence-corrected chi connectivity index (χ1v) is 35.9. The van der Waals surface area contributed by atoms with Crippen LogP contribution in [0.25, 0.3) is 100 Å². The van der Waals surface area contributed by atoms with Crippen LogP contribution in [0.1, 0.15) is 0 Å². The Morgan fingerprint density at radius 2 is 0.346 bits per heavy atom. The fourth-order valence-corrected chi connectivity index (χ4v) is 14.8. The summed E-state index contributed by atoms with van der Waals surface area (Å²) >= 11 is 0. The molecule has 12 aromatic rings. The van der Waals surface area contributed by atoms with E-state index in [0.717, 1.165) is 66.8 Å². The lowest BCUT2D eigenvalue weighted by atomic mass is 9.60. The fourth-order valence-electron chi connectivity index (χ4n) is 10.5. The molecule has 390 valence electrons. The van der Waals surface area contributed by atoms with E-state index in [0.29, 0.717) is 49.8 Å². The maximum atomic E-state index is 6.98. The Morgan fingerprint density at radius 3 is 0.564 bits per heavy atom. The Balaban J connectivity index is 0.906. The van der Waals surface area contributed by atoms with Gasteiger partial charge in [-0.05, 0) is 15.6 Å². The highest BCUT2D eigenvalue weighted by Crippen LogP contribution is 2.44. The quantitative estimate of drug-likeness (QED) is 0.0882. The average Bonchev–Trinajstić information content (AvgIpc) is 4.35. The normalized spacial score (nSPS) is 13.7. The van der Waals surface area contributed by atoms with E-state index in [1.165, 1.54) is 15.6 Å². The molecule has 0 aliphatic carbocycles. The number of rotatable bonds is 15. The van der Waals surface area contributed by atoms with E-state index in [4.69, 9.17) is 66.7 Å². The molecule has 15 nitrogen and oxygen atoms in total. The molecule has 78 heavy (non-hydrogen) atoms. The van der Waals surface area contributed by atoms with E-state index < -0.39 is 45.6 Å². The van der Waals surface area contributed by atoms with E-state index in [1.807, 2.05) is 18.8 Å². The average molecular weight is 1090 g/mol. The Morgan fingerprint density at radius 1 is 0.192 bits per heavy atom. The molecule has 0 amide bonds. The molecule has 1 fully saturated rings. The van der Waals surface area contributed by atoms with Crippen LogP contribution in [0.2, 0.25) is 58.9 Å². The van der Waals surface area contributed by atoms with Gasteiger partial charge in [0, 0.05) is 117 Å². The van der Waals surface area contributed by atoms with Crippen LogP contribution in [0.4, 0.5) is 0 Å². The lowest BCUT2D eigenvalue weighted by molar-refractivity contribution is 0.308. The van der Waals surface area contributed by atoms with Gasteiger partial charge in [-0.25, -0.2) is 0 Å². The van der Waals surface area contributed by atoms with Crippen LogP contribution in [0.15, 0.2) is 203 Å².